The minimum absolute atomic E-state index is 0.232. The molecule has 20 heavy (non-hydrogen) atoms. The van der Waals surface area contributed by atoms with Gasteiger partial charge in [0, 0.05) is 21.4 Å². The van der Waals surface area contributed by atoms with E-state index in [0.29, 0.717) is 11.1 Å². The number of hydrogen-bond donors (Lipinski definition) is 1. The summed E-state index contributed by atoms with van der Waals surface area (Å²) in [5.41, 5.74) is 2.04. The molecule has 1 aromatic carbocycles. The third kappa shape index (κ3) is 2.91. The standard InChI is InChI=1S/C16H19F2NS/c1-5-19-16(12-7-10(3)20-11(12)4)13-6-9(2)14(17)8-15(13)18/h6-8,16,19H,5H2,1-4H3. The number of benzene rings is 1. The molecule has 0 fully saturated rings. The number of thiophene rings is 1. The Morgan fingerprint density at radius 2 is 1.75 bits per heavy atom. The highest BCUT2D eigenvalue weighted by atomic mass is 32.1. The van der Waals surface area contributed by atoms with Crippen molar-refractivity contribution in [3.63, 3.8) is 0 Å². The van der Waals surface area contributed by atoms with Crippen LogP contribution in [0, 0.1) is 32.4 Å². The van der Waals surface area contributed by atoms with Gasteiger partial charge in [0.1, 0.15) is 11.6 Å². The average Bonchev–Trinajstić information content (AvgIpc) is 2.70. The normalized spacial score (nSPS) is 12.7. The summed E-state index contributed by atoms with van der Waals surface area (Å²) in [5, 5.41) is 3.30. The van der Waals surface area contributed by atoms with E-state index in [9.17, 15) is 8.78 Å². The number of halogens is 2. The monoisotopic (exact) mass is 295 g/mol. The second-order valence-corrected chi connectivity index (χ2v) is 6.44. The Kier molecular flexibility index (Phi) is 4.55. The van der Waals surface area contributed by atoms with E-state index in [1.54, 1.807) is 24.3 Å². The molecule has 2 rings (SSSR count). The summed E-state index contributed by atoms with van der Waals surface area (Å²) in [6.07, 6.45) is 0. The highest BCUT2D eigenvalue weighted by molar-refractivity contribution is 7.12. The number of nitrogens with one attached hydrogen (secondary N) is 1. The fourth-order valence-electron chi connectivity index (χ4n) is 2.43. The predicted molar refractivity (Wildman–Crippen MR) is 80.4 cm³/mol. The van der Waals surface area contributed by atoms with Crippen LogP contribution >= 0.6 is 11.3 Å². The van der Waals surface area contributed by atoms with E-state index in [1.165, 1.54) is 4.88 Å². The third-order valence-corrected chi connectivity index (χ3v) is 4.37. The molecule has 1 nitrogen and oxygen atoms in total. The highest BCUT2D eigenvalue weighted by Gasteiger charge is 2.21. The average molecular weight is 295 g/mol. The second kappa shape index (κ2) is 6.02. The van der Waals surface area contributed by atoms with Gasteiger partial charge in [-0.15, -0.1) is 11.3 Å². The zero-order valence-electron chi connectivity index (χ0n) is 12.2. The van der Waals surface area contributed by atoms with E-state index < -0.39 is 11.6 Å². The largest absolute Gasteiger partial charge is 0.306 e. The first-order valence-electron chi connectivity index (χ1n) is 6.69. The molecule has 0 saturated heterocycles. The Morgan fingerprint density at radius 1 is 1.05 bits per heavy atom. The first-order chi connectivity index (χ1) is 9.43. The van der Waals surface area contributed by atoms with Crippen molar-refractivity contribution in [1.29, 1.82) is 0 Å². The van der Waals surface area contributed by atoms with Crippen LogP contribution in [0.15, 0.2) is 18.2 Å². The van der Waals surface area contributed by atoms with Crippen molar-refractivity contribution in [2.75, 3.05) is 6.54 Å². The van der Waals surface area contributed by atoms with Gasteiger partial charge >= 0.3 is 0 Å². The van der Waals surface area contributed by atoms with Crippen LogP contribution in [0.4, 0.5) is 8.78 Å². The highest BCUT2D eigenvalue weighted by Crippen LogP contribution is 2.32. The first kappa shape index (κ1) is 15.1. The maximum atomic E-state index is 14.2. The lowest BCUT2D eigenvalue weighted by Gasteiger charge is -2.20. The van der Waals surface area contributed by atoms with Crippen molar-refractivity contribution >= 4 is 11.3 Å². The molecule has 0 saturated carbocycles. The maximum absolute atomic E-state index is 14.2. The molecule has 0 aliphatic heterocycles. The Labute approximate surface area is 122 Å². The molecule has 0 aliphatic rings. The molecule has 1 unspecified atom stereocenters. The molecular weight excluding hydrogens is 276 g/mol. The molecule has 0 amide bonds. The second-order valence-electron chi connectivity index (χ2n) is 4.98. The van der Waals surface area contributed by atoms with Gasteiger partial charge in [-0.3, -0.25) is 0 Å². The molecule has 1 atom stereocenters. The molecule has 108 valence electrons. The number of hydrogen-bond acceptors (Lipinski definition) is 2. The van der Waals surface area contributed by atoms with E-state index in [0.717, 1.165) is 23.1 Å². The minimum Gasteiger partial charge on any atom is -0.306 e. The van der Waals surface area contributed by atoms with E-state index in [-0.39, 0.29) is 6.04 Å². The van der Waals surface area contributed by atoms with Gasteiger partial charge in [0.2, 0.25) is 0 Å². The molecule has 2 aromatic rings. The van der Waals surface area contributed by atoms with Gasteiger partial charge in [0.05, 0.1) is 6.04 Å². The van der Waals surface area contributed by atoms with Crippen LogP contribution in [-0.2, 0) is 0 Å². The molecule has 1 aromatic heterocycles. The van der Waals surface area contributed by atoms with Crippen LogP contribution in [0.2, 0.25) is 0 Å². The predicted octanol–water partition coefficient (Wildman–Crippen LogP) is 4.65. The lowest BCUT2D eigenvalue weighted by molar-refractivity contribution is 0.537. The Balaban J connectivity index is 2.54. The van der Waals surface area contributed by atoms with Gasteiger partial charge in [-0.1, -0.05) is 6.92 Å². The summed E-state index contributed by atoms with van der Waals surface area (Å²) in [6, 6.07) is 4.42. The van der Waals surface area contributed by atoms with Crippen LogP contribution in [-0.4, -0.2) is 6.54 Å². The SMILES string of the molecule is CCNC(c1cc(C)c(F)cc1F)c1cc(C)sc1C. The minimum atomic E-state index is -0.500. The first-order valence-corrected chi connectivity index (χ1v) is 7.51. The summed E-state index contributed by atoms with van der Waals surface area (Å²) in [7, 11) is 0. The van der Waals surface area contributed by atoms with Crippen molar-refractivity contribution < 1.29 is 8.78 Å². The van der Waals surface area contributed by atoms with Crippen molar-refractivity contribution in [1.82, 2.24) is 5.32 Å². The van der Waals surface area contributed by atoms with Crippen LogP contribution in [0.1, 0.15) is 39.4 Å². The van der Waals surface area contributed by atoms with Gasteiger partial charge in [-0.25, -0.2) is 8.78 Å². The van der Waals surface area contributed by atoms with Crippen molar-refractivity contribution in [2.45, 2.75) is 33.7 Å². The molecule has 1 N–H and O–H groups in total. The van der Waals surface area contributed by atoms with Crippen LogP contribution in [0.5, 0.6) is 0 Å². The van der Waals surface area contributed by atoms with E-state index in [4.69, 9.17) is 0 Å². The van der Waals surface area contributed by atoms with Crippen LogP contribution in [0.25, 0.3) is 0 Å². The molecular formula is C16H19F2NS. The van der Waals surface area contributed by atoms with Gasteiger partial charge in [0.15, 0.2) is 0 Å². The van der Waals surface area contributed by atoms with Crippen LogP contribution < -0.4 is 5.32 Å². The molecule has 0 bridgehead atoms. The quantitative estimate of drug-likeness (QED) is 0.865. The lowest BCUT2D eigenvalue weighted by Crippen LogP contribution is -2.23. The number of rotatable bonds is 4. The fourth-order valence-corrected chi connectivity index (χ4v) is 3.39. The summed E-state index contributed by atoms with van der Waals surface area (Å²) < 4.78 is 27.6. The van der Waals surface area contributed by atoms with Gasteiger partial charge in [0.25, 0.3) is 0 Å². The Morgan fingerprint density at radius 3 is 2.30 bits per heavy atom. The molecule has 0 spiro atoms. The molecule has 4 heteroatoms. The fraction of sp³-hybridized carbons (Fsp3) is 0.375. The van der Waals surface area contributed by atoms with Gasteiger partial charge in [-0.05, 0) is 50.6 Å². The smallest absolute Gasteiger partial charge is 0.131 e. The number of aryl methyl sites for hydroxylation is 3. The zero-order valence-corrected chi connectivity index (χ0v) is 13.0. The Hall–Kier alpha value is -1.26. The van der Waals surface area contributed by atoms with E-state index in [2.05, 4.69) is 11.4 Å². The summed E-state index contributed by atoms with van der Waals surface area (Å²) in [6.45, 7) is 8.43. The van der Waals surface area contributed by atoms with Crippen molar-refractivity contribution in [3.05, 3.63) is 56.3 Å². The molecule has 0 aliphatic carbocycles. The maximum Gasteiger partial charge on any atom is 0.131 e. The van der Waals surface area contributed by atoms with Gasteiger partial charge in [-0.2, -0.15) is 0 Å². The zero-order chi connectivity index (χ0) is 14.9. The van der Waals surface area contributed by atoms with E-state index >= 15 is 0 Å². The van der Waals surface area contributed by atoms with Crippen molar-refractivity contribution in [3.8, 4) is 0 Å². The molecule has 1 heterocycles. The van der Waals surface area contributed by atoms with Crippen molar-refractivity contribution in [2.24, 2.45) is 0 Å². The summed E-state index contributed by atoms with van der Waals surface area (Å²) >= 11 is 1.69. The topological polar surface area (TPSA) is 12.0 Å². The third-order valence-electron chi connectivity index (χ3n) is 3.39. The Bertz CT molecular complexity index is 619. The van der Waals surface area contributed by atoms with Gasteiger partial charge < -0.3 is 5.32 Å². The van der Waals surface area contributed by atoms with E-state index in [1.807, 2.05) is 20.8 Å². The molecule has 0 radical (unpaired) electrons. The summed E-state index contributed by atoms with van der Waals surface area (Å²) in [5.74, 6) is -0.998. The lowest BCUT2D eigenvalue weighted by atomic mass is 9.96. The summed E-state index contributed by atoms with van der Waals surface area (Å²) in [4.78, 5) is 2.36. The van der Waals surface area contributed by atoms with Crippen LogP contribution in [0.3, 0.4) is 0 Å².